The predicted molar refractivity (Wildman–Crippen MR) is 126 cm³/mol. The van der Waals surface area contributed by atoms with Crippen LogP contribution in [-0.2, 0) is 33.9 Å². The lowest BCUT2D eigenvalue weighted by Gasteiger charge is -2.08. The summed E-state index contributed by atoms with van der Waals surface area (Å²) in [4.78, 5) is 41.2. The number of nitrogens with zero attached hydrogens (tertiary/aromatic N) is 4. The van der Waals surface area contributed by atoms with E-state index in [-0.39, 0.29) is 37.5 Å². The molecule has 174 valence electrons. The van der Waals surface area contributed by atoms with Gasteiger partial charge in [-0.2, -0.15) is 0 Å². The molecule has 2 aromatic heterocycles. The summed E-state index contributed by atoms with van der Waals surface area (Å²) < 4.78 is 11.6. The monoisotopic (exact) mass is 479 g/mol. The van der Waals surface area contributed by atoms with E-state index in [4.69, 9.17) is 9.47 Å². The van der Waals surface area contributed by atoms with Gasteiger partial charge in [0.15, 0.2) is 0 Å². The van der Waals surface area contributed by atoms with E-state index in [9.17, 15) is 14.4 Å². The highest BCUT2D eigenvalue weighted by atomic mass is 32.1. The van der Waals surface area contributed by atoms with E-state index in [1.807, 2.05) is 6.07 Å². The molecule has 1 N–H and O–H groups in total. The first kappa shape index (κ1) is 23.1. The first-order valence-corrected chi connectivity index (χ1v) is 11.3. The van der Waals surface area contributed by atoms with Gasteiger partial charge in [0, 0.05) is 5.38 Å². The Hall–Kier alpha value is -4.12. The molecule has 2 aromatic carbocycles. The number of hydrogen-bond acceptors (Lipinski definition) is 9. The third-order valence-electron chi connectivity index (χ3n) is 4.83. The number of anilines is 1. The number of rotatable bonds is 9. The molecule has 2 heterocycles. The molecule has 1 amide bonds. The largest absolute Gasteiger partial charge is 0.495 e. The van der Waals surface area contributed by atoms with Gasteiger partial charge in [-0.3, -0.25) is 14.4 Å². The van der Waals surface area contributed by atoms with E-state index >= 15 is 0 Å². The predicted octanol–water partition coefficient (Wildman–Crippen LogP) is 2.57. The van der Waals surface area contributed by atoms with Gasteiger partial charge >= 0.3 is 5.97 Å². The number of benzene rings is 2. The first-order valence-electron chi connectivity index (χ1n) is 10.4. The molecular formula is C23H21N5O5S. The third kappa shape index (κ3) is 5.62. The average Bonchev–Trinajstić information content (AvgIpc) is 3.30. The maximum absolute atomic E-state index is 12.4. The molecule has 0 bridgehead atoms. The van der Waals surface area contributed by atoms with Crippen molar-refractivity contribution in [3.8, 4) is 5.75 Å². The number of nitrogens with one attached hydrogen (secondary N) is 1. The lowest BCUT2D eigenvalue weighted by Crippen LogP contribution is -2.25. The van der Waals surface area contributed by atoms with Crippen molar-refractivity contribution in [1.82, 2.24) is 20.0 Å². The number of thiazole rings is 1. The molecule has 0 aliphatic heterocycles. The van der Waals surface area contributed by atoms with Crippen LogP contribution in [0.1, 0.15) is 17.1 Å². The summed E-state index contributed by atoms with van der Waals surface area (Å²) in [6, 6.07) is 14.0. The highest BCUT2D eigenvalue weighted by Gasteiger charge is 2.13. The Morgan fingerprint density at radius 3 is 2.76 bits per heavy atom. The smallest absolute Gasteiger partial charge is 0.308 e. The second-order valence-corrected chi connectivity index (χ2v) is 8.15. The number of esters is 1. The van der Waals surface area contributed by atoms with Crippen LogP contribution in [-0.4, -0.2) is 39.0 Å². The number of methoxy groups -OCH3 is 1. The van der Waals surface area contributed by atoms with Crippen molar-refractivity contribution in [3.05, 3.63) is 75.0 Å². The minimum absolute atomic E-state index is 0.0260. The molecule has 0 spiro atoms. The van der Waals surface area contributed by atoms with Gasteiger partial charge in [-0.05, 0) is 24.3 Å². The number of aryl methyl sites for hydroxylation is 1. The highest BCUT2D eigenvalue weighted by Crippen LogP contribution is 2.23. The molecule has 0 aliphatic carbocycles. The Labute approximate surface area is 198 Å². The zero-order valence-corrected chi connectivity index (χ0v) is 19.1. The van der Waals surface area contributed by atoms with Crippen molar-refractivity contribution in [2.24, 2.45) is 0 Å². The van der Waals surface area contributed by atoms with E-state index in [0.29, 0.717) is 33.0 Å². The first-order chi connectivity index (χ1) is 16.5. The molecule has 0 atom stereocenters. The Balaban J connectivity index is 1.26. The fourth-order valence-corrected chi connectivity index (χ4v) is 3.95. The van der Waals surface area contributed by atoms with Crippen LogP contribution in [0, 0.1) is 0 Å². The SMILES string of the molecule is COc1ccccc1NC(=O)Cc1nc(COC(=O)CCn2nnc3ccccc3c2=O)cs1. The average molecular weight is 480 g/mol. The molecule has 10 nitrogen and oxygen atoms in total. The second-order valence-electron chi connectivity index (χ2n) is 7.20. The lowest BCUT2D eigenvalue weighted by atomic mass is 10.2. The minimum Gasteiger partial charge on any atom is -0.495 e. The standard InChI is InChI=1S/C23H21N5O5S/c1-32-19-9-5-4-8-18(19)25-20(29)12-21-24-15(14-34-21)13-33-22(30)10-11-28-23(31)16-6-2-3-7-17(16)26-27-28/h2-9,14H,10-13H2,1H3,(H,25,29). The van der Waals surface area contributed by atoms with Gasteiger partial charge in [0.05, 0.1) is 43.3 Å². The van der Waals surface area contributed by atoms with Gasteiger partial charge < -0.3 is 14.8 Å². The third-order valence-corrected chi connectivity index (χ3v) is 5.73. The van der Waals surface area contributed by atoms with Crippen LogP contribution in [0.4, 0.5) is 5.69 Å². The molecule has 4 aromatic rings. The summed E-state index contributed by atoms with van der Waals surface area (Å²) in [5.41, 5.74) is 1.31. The number of aromatic nitrogens is 4. The molecular weight excluding hydrogens is 458 g/mol. The fourth-order valence-electron chi connectivity index (χ4n) is 3.17. The zero-order chi connectivity index (χ0) is 23.9. The van der Waals surface area contributed by atoms with Gasteiger partial charge in [0.2, 0.25) is 5.91 Å². The molecule has 0 fully saturated rings. The van der Waals surface area contributed by atoms with Crippen molar-refractivity contribution < 1.29 is 19.1 Å². The van der Waals surface area contributed by atoms with E-state index in [1.54, 1.807) is 47.8 Å². The van der Waals surface area contributed by atoms with Crippen molar-refractivity contribution in [2.75, 3.05) is 12.4 Å². The quantitative estimate of drug-likeness (QED) is 0.363. The number of hydrogen-bond donors (Lipinski definition) is 1. The van der Waals surface area contributed by atoms with Gasteiger partial charge in [0.1, 0.15) is 22.9 Å². The van der Waals surface area contributed by atoms with Crippen LogP contribution in [0.15, 0.2) is 58.7 Å². The van der Waals surface area contributed by atoms with Gasteiger partial charge in [0.25, 0.3) is 5.56 Å². The molecule has 0 saturated heterocycles. The zero-order valence-electron chi connectivity index (χ0n) is 18.3. The summed E-state index contributed by atoms with van der Waals surface area (Å²) in [5.74, 6) is -0.158. The molecule has 34 heavy (non-hydrogen) atoms. The van der Waals surface area contributed by atoms with Gasteiger partial charge in [-0.1, -0.05) is 29.5 Å². The molecule has 4 rings (SSSR count). The minimum atomic E-state index is -0.495. The van der Waals surface area contributed by atoms with E-state index in [2.05, 4.69) is 20.6 Å². The maximum Gasteiger partial charge on any atom is 0.308 e. The van der Waals surface area contributed by atoms with Crippen LogP contribution in [0.2, 0.25) is 0 Å². The Bertz CT molecular complexity index is 1380. The number of fused-ring (bicyclic) bond motifs is 1. The molecule has 0 radical (unpaired) electrons. The van der Waals surface area contributed by atoms with Crippen molar-refractivity contribution in [3.63, 3.8) is 0 Å². The van der Waals surface area contributed by atoms with Crippen molar-refractivity contribution in [2.45, 2.75) is 26.0 Å². The number of carbonyl (C=O) groups is 2. The fraction of sp³-hybridized carbons (Fsp3) is 0.217. The topological polar surface area (TPSA) is 125 Å². The maximum atomic E-state index is 12.4. The van der Waals surface area contributed by atoms with Crippen LogP contribution >= 0.6 is 11.3 Å². The number of amides is 1. The van der Waals surface area contributed by atoms with Crippen molar-refractivity contribution in [1.29, 1.82) is 0 Å². The van der Waals surface area contributed by atoms with E-state index in [1.165, 1.54) is 18.4 Å². The van der Waals surface area contributed by atoms with Crippen LogP contribution in [0.25, 0.3) is 10.9 Å². The van der Waals surface area contributed by atoms with Crippen LogP contribution in [0.3, 0.4) is 0 Å². The van der Waals surface area contributed by atoms with E-state index in [0.717, 1.165) is 4.68 Å². The summed E-state index contributed by atoms with van der Waals surface area (Å²) in [7, 11) is 1.53. The number of para-hydroxylation sites is 2. The van der Waals surface area contributed by atoms with Gasteiger partial charge in [-0.25, -0.2) is 9.67 Å². The lowest BCUT2D eigenvalue weighted by molar-refractivity contribution is -0.145. The van der Waals surface area contributed by atoms with Crippen molar-refractivity contribution >= 4 is 39.8 Å². The summed E-state index contributed by atoms with van der Waals surface area (Å²) in [5, 5.41) is 13.4. The highest BCUT2D eigenvalue weighted by molar-refractivity contribution is 7.09. The summed E-state index contributed by atoms with van der Waals surface area (Å²) >= 11 is 1.31. The second kappa shape index (κ2) is 10.7. The Morgan fingerprint density at radius 1 is 1.12 bits per heavy atom. The molecule has 0 unspecified atom stereocenters. The van der Waals surface area contributed by atoms with Crippen LogP contribution < -0.4 is 15.6 Å². The Kier molecular flexibility index (Phi) is 7.23. The summed E-state index contributed by atoms with van der Waals surface area (Å²) in [6.07, 6.45) is 0.0471. The molecule has 0 aliphatic rings. The molecule has 11 heteroatoms. The molecule has 0 saturated carbocycles. The number of carbonyl (C=O) groups excluding carboxylic acids is 2. The van der Waals surface area contributed by atoms with Crippen LogP contribution in [0.5, 0.6) is 5.75 Å². The summed E-state index contributed by atoms with van der Waals surface area (Å²) in [6.45, 7) is 0.0305. The normalized spacial score (nSPS) is 10.7. The van der Waals surface area contributed by atoms with Gasteiger partial charge in [-0.15, -0.1) is 16.4 Å². The Morgan fingerprint density at radius 2 is 1.91 bits per heavy atom. The number of ether oxygens (including phenoxy) is 2. The van der Waals surface area contributed by atoms with E-state index < -0.39 is 5.97 Å².